The van der Waals surface area contributed by atoms with Crippen molar-refractivity contribution in [2.75, 3.05) is 11.9 Å². The zero-order chi connectivity index (χ0) is 20.2. The molecule has 0 amide bonds. The Hall–Kier alpha value is -3.00. The molecule has 0 aliphatic carbocycles. The van der Waals surface area contributed by atoms with E-state index in [1.807, 2.05) is 42.5 Å². The van der Waals surface area contributed by atoms with E-state index in [1.54, 1.807) is 7.05 Å². The normalized spacial score (nSPS) is 11.6. The van der Waals surface area contributed by atoms with Crippen LogP contribution < -0.4 is 16.6 Å². The molecule has 8 nitrogen and oxygen atoms in total. The number of hydrogen-bond donors (Lipinski definition) is 1. The zero-order valence-corrected chi connectivity index (χ0v) is 16.9. The third kappa shape index (κ3) is 2.63. The van der Waals surface area contributed by atoms with Gasteiger partial charge in [0, 0.05) is 49.3 Å². The SMILES string of the molecule is Cc1c(C)n2c3c(=O)n(C)c(=O)n(C)c3nc2n1CCNc1ccc(Cl)cc1. The number of aryl methyl sites for hydroxylation is 2. The highest BCUT2D eigenvalue weighted by Gasteiger charge is 2.21. The van der Waals surface area contributed by atoms with Gasteiger partial charge in [0.15, 0.2) is 11.2 Å². The van der Waals surface area contributed by atoms with Gasteiger partial charge in [-0.1, -0.05) is 11.6 Å². The lowest BCUT2D eigenvalue weighted by atomic mass is 10.3. The average molecular weight is 401 g/mol. The van der Waals surface area contributed by atoms with Crippen molar-refractivity contribution in [2.24, 2.45) is 14.1 Å². The molecular formula is C19H21ClN6O2. The van der Waals surface area contributed by atoms with Gasteiger partial charge in [0.05, 0.1) is 0 Å². The molecule has 146 valence electrons. The fourth-order valence-corrected chi connectivity index (χ4v) is 3.66. The number of fused-ring (bicyclic) bond motifs is 3. The molecule has 0 saturated heterocycles. The standard InChI is InChI=1S/C19H21ClN6O2/c1-11-12(2)26-15-16(23(3)19(28)24(4)17(15)27)22-18(26)25(11)10-9-21-14-7-5-13(20)6-8-14/h5-8,21H,9-10H2,1-4H3. The van der Waals surface area contributed by atoms with Gasteiger partial charge in [0.25, 0.3) is 5.56 Å². The van der Waals surface area contributed by atoms with Crippen molar-refractivity contribution in [3.8, 4) is 0 Å². The second kappa shape index (κ2) is 6.56. The average Bonchev–Trinajstić information content (AvgIpc) is 3.17. The van der Waals surface area contributed by atoms with Gasteiger partial charge in [-0.15, -0.1) is 0 Å². The minimum atomic E-state index is -0.386. The molecule has 3 heterocycles. The van der Waals surface area contributed by atoms with Crippen molar-refractivity contribution < 1.29 is 0 Å². The molecule has 0 radical (unpaired) electrons. The van der Waals surface area contributed by atoms with Gasteiger partial charge < -0.3 is 9.88 Å². The predicted molar refractivity (Wildman–Crippen MR) is 111 cm³/mol. The Morgan fingerprint density at radius 1 is 1.04 bits per heavy atom. The fraction of sp³-hybridized carbons (Fsp3) is 0.316. The van der Waals surface area contributed by atoms with Crippen LogP contribution in [0.3, 0.4) is 0 Å². The van der Waals surface area contributed by atoms with Gasteiger partial charge in [-0.05, 0) is 38.1 Å². The molecule has 0 aliphatic rings. The molecule has 0 fully saturated rings. The van der Waals surface area contributed by atoms with Crippen LogP contribution in [0.4, 0.5) is 5.69 Å². The Morgan fingerprint density at radius 2 is 1.71 bits per heavy atom. The van der Waals surface area contributed by atoms with E-state index in [1.165, 1.54) is 11.6 Å². The number of hydrogen-bond acceptors (Lipinski definition) is 4. The second-order valence-corrected chi connectivity index (χ2v) is 7.32. The quantitative estimate of drug-likeness (QED) is 0.568. The first-order chi connectivity index (χ1) is 13.3. The van der Waals surface area contributed by atoms with Crippen LogP contribution >= 0.6 is 11.6 Å². The molecule has 4 rings (SSSR count). The van der Waals surface area contributed by atoms with Crippen LogP contribution in [-0.4, -0.2) is 29.6 Å². The molecule has 28 heavy (non-hydrogen) atoms. The highest BCUT2D eigenvalue weighted by atomic mass is 35.5. The molecule has 0 saturated carbocycles. The summed E-state index contributed by atoms with van der Waals surface area (Å²) < 4.78 is 6.43. The van der Waals surface area contributed by atoms with Gasteiger partial charge in [-0.3, -0.25) is 18.3 Å². The van der Waals surface area contributed by atoms with Crippen molar-refractivity contribution in [2.45, 2.75) is 20.4 Å². The van der Waals surface area contributed by atoms with E-state index in [0.717, 1.165) is 21.6 Å². The molecule has 0 atom stereocenters. The van der Waals surface area contributed by atoms with E-state index in [9.17, 15) is 9.59 Å². The molecule has 9 heteroatoms. The van der Waals surface area contributed by atoms with Crippen molar-refractivity contribution in [3.63, 3.8) is 0 Å². The highest BCUT2D eigenvalue weighted by Crippen LogP contribution is 2.20. The molecule has 4 aromatic rings. The first-order valence-corrected chi connectivity index (χ1v) is 9.32. The van der Waals surface area contributed by atoms with E-state index < -0.39 is 0 Å². The summed E-state index contributed by atoms with van der Waals surface area (Å²) in [5.41, 5.74) is 3.02. The third-order valence-electron chi connectivity index (χ3n) is 5.25. The summed E-state index contributed by atoms with van der Waals surface area (Å²) in [4.78, 5) is 29.6. The minimum absolute atomic E-state index is 0.342. The van der Waals surface area contributed by atoms with Crippen molar-refractivity contribution >= 4 is 34.2 Å². The smallest absolute Gasteiger partial charge is 0.332 e. The van der Waals surface area contributed by atoms with E-state index in [2.05, 4.69) is 14.9 Å². The first-order valence-electron chi connectivity index (χ1n) is 8.94. The van der Waals surface area contributed by atoms with Gasteiger partial charge in [0.2, 0.25) is 5.78 Å². The van der Waals surface area contributed by atoms with Crippen LogP contribution in [0.15, 0.2) is 33.9 Å². The molecule has 1 N–H and O–H groups in total. The maximum Gasteiger partial charge on any atom is 0.332 e. The lowest BCUT2D eigenvalue weighted by molar-refractivity contribution is 0.705. The first kappa shape index (κ1) is 18.4. The number of rotatable bonds is 4. The van der Waals surface area contributed by atoms with Gasteiger partial charge >= 0.3 is 5.69 Å². The zero-order valence-electron chi connectivity index (χ0n) is 16.2. The Morgan fingerprint density at radius 3 is 2.39 bits per heavy atom. The van der Waals surface area contributed by atoms with Crippen molar-refractivity contribution in [1.29, 1.82) is 0 Å². The number of nitrogens with zero attached hydrogens (tertiary/aromatic N) is 5. The molecule has 0 bridgehead atoms. The van der Waals surface area contributed by atoms with Crippen LogP contribution in [0, 0.1) is 13.8 Å². The molecule has 1 aromatic carbocycles. The molecule has 0 spiro atoms. The topological polar surface area (TPSA) is 78.3 Å². The fourth-order valence-electron chi connectivity index (χ4n) is 3.54. The van der Waals surface area contributed by atoms with E-state index in [0.29, 0.717) is 35.1 Å². The molecular weight excluding hydrogens is 380 g/mol. The summed E-state index contributed by atoms with van der Waals surface area (Å²) in [6, 6.07) is 7.53. The van der Waals surface area contributed by atoms with Gasteiger partial charge in [-0.25, -0.2) is 4.79 Å². The second-order valence-electron chi connectivity index (χ2n) is 6.88. The summed E-state index contributed by atoms with van der Waals surface area (Å²) in [5.74, 6) is 0.654. The summed E-state index contributed by atoms with van der Waals surface area (Å²) in [7, 11) is 3.11. The van der Waals surface area contributed by atoms with Crippen LogP contribution in [0.2, 0.25) is 5.02 Å². The number of benzene rings is 1. The highest BCUT2D eigenvalue weighted by molar-refractivity contribution is 6.30. The van der Waals surface area contributed by atoms with Crippen molar-refractivity contribution in [1.82, 2.24) is 23.1 Å². The molecule has 0 unspecified atom stereocenters. The minimum Gasteiger partial charge on any atom is -0.383 e. The number of aromatic nitrogens is 5. The van der Waals surface area contributed by atoms with E-state index in [4.69, 9.17) is 11.6 Å². The number of anilines is 1. The summed E-state index contributed by atoms with van der Waals surface area (Å²) in [6.45, 7) is 5.29. The number of imidazole rings is 2. The van der Waals surface area contributed by atoms with Crippen LogP contribution in [0.1, 0.15) is 11.4 Å². The number of nitrogens with one attached hydrogen (secondary N) is 1. The third-order valence-corrected chi connectivity index (χ3v) is 5.51. The van der Waals surface area contributed by atoms with E-state index in [-0.39, 0.29) is 11.2 Å². The molecule has 3 aromatic heterocycles. The van der Waals surface area contributed by atoms with Crippen molar-refractivity contribution in [3.05, 3.63) is 61.5 Å². The van der Waals surface area contributed by atoms with Crippen LogP contribution in [0.5, 0.6) is 0 Å². The lowest BCUT2D eigenvalue weighted by Gasteiger charge is -2.09. The Balaban J connectivity index is 1.79. The summed E-state index contributed by atoms with van der Waals surface area (Å²) >= 11 is 5.92. The Labute approximate surface area is 165 Å². The summed E-state index contributed by atoms with van der Waals surface area (Å²) in [6.07, 6.45) is 0. The van der Waals surface area contributed by atoms with Crippen LogP contribution in [-0.2, 0) is 20.6 Å². The van der Waals surface area contributed by atoms with Gasteiger partial charge in [-0.2, -0.15) is 4.98 Å². The Bertz CT molecular complexity index is 1320. The maximum atomic E-state index is 12.7. The largest absolute Gasteiger partial charge is 0.383 e. The Kier molecular flexibility index (Phi) is 4.30. The molecule has 0 aliphatic heterocycles. The summed E-state index contributed by atoms with van der Waals surface area (Å²) in [5, 5.41) is 4.05. The van der Waals surface area contributed by atoms with E-state index >= 15 is 0 Å². The lowest BCUT2D eigenvalue weighted by Crippen LogP contribution is -2.37. The monoisotopic (exact) mass is 400 g/mol. The predicted octanol–water partition coefficient (Wildman–Crippen LogP) is 2.07. The number of halogens is 1. The van der Waals surface area contributed by atoms with Gasteiger partial charge in [0.1, 0.15) is 0 Å². The maximum absolute atomic E-state index is 12.7. The van der Waals surface area contributed by atoms with Crippen LogP contribution in [0.25, 0.3) is 16.9 Å².